The lowest BCUT2D eigenvalue weighted by Crippen LogP contribution is -1.96. The fraction of sp³-hybridized carbons (Fsp3) is 0.500. The minimum absolute atomic E-state index is 1.13. The molecule has 0 radical (unpaired) electrons. The van der Waals surface area contributed by atoms with Crippen LogP contribution in [0.4, 0.5) is 0 Å². The molecule has 0 atom stereocenters. The summed E-state index contributed by atoms with van der Waals surface area (Å²) in [4.78, 5) is 0. The third-order valence-electron chi connectivity index (χ3n) is 16.6. The molecule has 0 amide bonds. The van der Waals surface area contributed by atoms with E-state index in [-0.39, 0.29) is 0 Å². The van der Waals surface area contributed by atoms with Gasteiger partial charge in [0.25, 0.3) is 0 Å². The zero-order valence-corrected chi connectivity index (χ0v) is 51.6. The molecule has 0 aromatic heterocycles. The van der Waals surface area contributed by atoms with E-state index in [1.807, 2.05) is 111 Å². The Morgan fingerprint density at radius 1 is 0.276 bits per heavy atom. The van der Waals surface area contributed by atoms with Gasteiger partial charge in [-0.05, 0) is 270 Å². The Bertz CT molecular complexity index is 2790. The van der Waals surface area contributed by atoms with Gasteiger partial charge in [0.05, 0.1) is 0 Å². The second-order valence-corrected chi connectivity index (χ2v) is 19.9. The van der Waals surface area contributed by atoms with E-state index in [9.17, 15) is 0 Å². The third-order valence-corrected chi connectivity index (χ3v) is 16.6. The van der Waals surface area contributed by atoms with Gasteiger partial charge in [-0.2, -0.15) is 0 Å². The molecule has 0 unspecified atom stereocenters. The van der Waals surface area contributed by atoms with E-state index in [1.165, 1.54) is 152 Å². The quantitative estimate of drug-likeness (QED) is 0.145. The third kappa shape index (κ3) is 12.8. The van der Waals surface area contributed by atoms with Crippen LogP contribution in [0.3, 0.4) is 0 Å². The van der Waals surface area contributed by atoms with Crippen molar-refractivity contribution in [1.29, 1.82) is 0 Å². The molecule has 0 heteroatoms. The van der Waals surface area contributed by atoms with E-state index < -0.39 is 0 Å². The zero-order chi connectivity index (χ0) is 55.3. The summed E-state index contributed by atoms with van der Waals surface area (Å²) in [5, 5.41) is 0. The summed E-state index contributed by atoms with van der Waals surface area (Å²) in [7, 11) is 0. The molecule has 0 spiro atoms. The second kappa shape index (κ2) is 31.5. The van der Waals surface area contributed by atoms with Crippen molar-refractivity contribution >= 4 is 27.9 Å². The molecule has 410 valence electrons. The summed E-state index contributed by atoms with van der Waals surface area (Å²) >= 11 is 0. The van der Waals surface area contributed by atoms with E-state index in [0.29, 0.717) is 0 Å². The molecule has 11 aliphatic rings. The summed E-state index contributed by atoms with van der Waals surface area (Å²) in [5.41, 5.74) is 39.1. The highest BCUT2D eigenvalue weighted by molar-refractivity contribution is 5.89. The van der Waals surface area contributed by atoms with Crippen molar-refractivity contribution in [3.63, 3.8) is 0 Å². The first kappa shape index (κ1) is 61.9. The van der Waals surface area contributed by atoms with Crippen LogP contribution in [0.25, 0.3) is 39.0 Å². The molecule has 0 nitrogen and oxygen atoms in total. The number of allylic oxidation sites excluding steroid dienone is 14. The number of hydrogen-bond acceptors (Lipinski definition) is 0. The lowest BCUT2D eigenvalue weighted by Gasteiger charge is -2.15. The predicted molar refractivity (Wildman–Crippen MR) is 344 cm³/mol. The van der Waals surface area contributed by atoms with Gasteiger partial charge in [-0.25, -0.2) is 0 Å². The van der Waals surface area contributed by atoms with Crippen LogP contribution in [-0.2, 0) is 38.5 Å². The lowest BCUT2D eigenvalue weighted by atomic mass is 9.90. The standard InChI is InChI=1S/C20H20.C20H18.C20H20.8C2H6/c1-3-7-16-14(6-1)12-19-18(16)10-9-15-11-13-5-2-4-8-17(13)20(15)19;1-3-7-17-13(5-1)9-15-11-20-16(12-19(15)17)10-14-6-2-4-8-18(14)20;1-3-7-17-13(5-1)9-15-11-16-10-14-6-2-4-8-18(14)20(16)12-19(15)17;8*1-2/h2,5,9-10H,1,3-4,6-8,11-12H2;1,3,5,7,11-12H,2,4,6,8-10H2;1,5,11-12H,2-4,6-10H2;8*1-2H3. The fourth-order valence-electron chi connectivity index (χ4n) is 13.8. The smallest absolute Gasteiger partial charge is 0.00132 e. The minimum atomic E-state index is 1.13. The Morgan fingerprint density at radius 2 is 0.711 bits per heavy atom. The van der Waals surface area contributed by atoms with Gasteiger partial charge in [0.15, 0.2) is 0 Å². The van der Waals surface area contributed by atoms with Gasteiger partial charge in [0.2, 0.25) is 0 Å². The lowest BCUT2D eigenvalue weighted by molar-refractivity contribution is 0.711. The molecule has 4 aromatic carbocycles. The van der Waals surface area contributed by atoms with Gasteiger partial charge in [0.1, 0.15) is 0 Å². The molecule has 0 saturated heterocycles. The molecule has 0 bridgehead atoms. The second-order valence-electron chi connectivity index (χ2n) is 19.9. The van der Waals surface area contributed by atoms with E-state index >= 15 is 0 Å². The molecule has 0 N–H and O–H groups in total. The monoisotopic (exact) mass is 1020 g/mol. The summed E-state index contributed by atoms with van der Waals surface area (Å²) in [6.45, 7) is 32.0. The van der Waals surface area contributed by atoms with Crippen LogP contribution in [-0.4, -0.2) is 0 Å². The Kier molecular flexibility index (Phi) is 25.6. The summed E-state index contributed by atoms with van der Waals surface area (Å²) in [6.07, 6.45) is 38.0. The average Bonchev–Trinajstić information content (AvgIpc) is 4.39. The Balaban J connectivity index is 0.000000186. The number of benzene rings is 4. The molecule has 0 saturated carbocycles. The number of fused-ring (bicyclic) bond motifs is 14. The van der Waals surface area contributed by atoms with Crippen molar-refractivity contribution in [1.82, 2.24) is 0 Å². The molecule has 0 fully saturated rings. The van der Waals surface area contributed by atoms with Crippen molar-refractivity contribution in [3.8, 4) is 11.1 Å². The molecule has 15 rings (SSSR count). The molecule has 76 heavy (non-hydrogen) atoms. The predicted octanol–water partition coefficient (Wildman–Crippen LogP) is 23.8. The van der Waals surface area contributed by atoms with Crippen LogP contribution in [0, 0.1) is 0 Å². The number of rotatable bonds is 0. The molecule has 4 aromatic rings. The number of hydrogen-bond donors (Lipinski definition) is 0. The van der Waals surface area contributed by atoms with Crippen molar-refractivity contribution in [2.75, 3.05) is 0 Å². The van der Waals surface area contributed by atoms with E-state index in [4.69, 9.17) is 0 Å². The topological polar surface area (TPSA) is 0 Å². The highest BCUT2D eigenvalue weighted by Gasteiger charge is 2.33. The van der Waals surface area contributed by atoms with E-state index in [2.05, 4.69) is 85.0 Å². The molecular weight excluding hydrogens is 913 g/mol. The van der Waals surface area contributed by atoms with Crippen molar-refractivity contribution < 1.29 is 0 Å². The van der Waals surface area contributed by atoms with Crippen LogP contribution in [0.2, 0.25) is 0 Å². The van der Waals surface area contributed by atoms with Gasteiger partial charge in [-0.3, -0.25) is 0 Å². The highest BCUT2D eigenvalue weighted by Crippen LogP contribution is 2.51. The zero-order valence-electron chi connectivity index (χ0n) is 51.6. The molecule has 11 aliphatic carbocycles. The van der Waals surface area contributed by atoms with Crippen LogP contribution in [0.1, 0.15) is 280 Å². The Hall–Kier alpha value is -4.94. The Labute approximate surface area is 468 Å². The van der Waals surface area contributed by atoms with Crippen molar-refractivity contribution in [2.45, 2.75) is 252 Å². The first-order valence-corrected chi connectivity index (χ1v) is 32.2. The van der Waals surface area contributed by atoms with E-state index in [1.54, 1.807) is 117 Å². The largest absolute Gasteiger partial charge is 0.0839 e. The van der Waals surface area contributed by atoms with Crippen LogP contribution in [0.15, 0.2) is 113 Å². The maximum Gasteiger partial charge on any atom is -0.00132 e. The maximum absolute atomic E-state index is 2.56. The highest BCUT2D eigenvalue weighted by atomic mass is 14.4. The summed E-state index contributed by atoms with van der Waals surface area (Å²) in [6, 6.07) is 23.9. The summed E-state index contributed by atoms with van der Waals surface area (Å²) < 4.78 is 0. The van der Waals surface area contributed by atoms with Gasteiger partial charge >= 0.3 is 0 Å². The molecule has 0 aliphatic heterocycles. The maximum atomic E-state index is 2.56. The van der Waals surface area contributed by atoms with Gasteiger partial charge < -0.3 is 0 Å². The van der Waals surface area contributed by atoms with Crippen molar-refractivity contribution in [3.05, 3.63) is 180 Å². The average molecular weight is 1020 g/mol. The SMILES string of the molecule is C1=CC2=C(CC1)c1c(ccc3c1CC1=C3CCCC1)C2.C1=CC2=C(CC1)c1cc3c(cc1C2)CC1=C3CCCC1.CC.CC.CC.CC.CC.CC.CC.CC.c1ccc2c(c1)Cc1cc3c(cc1-2)CC1=C3CCCC1. The normalized spacial score (nSPS) is 17.5. The molecule has 0 heterocycles. The first-order valence-electron chi connectivity index (χ1n) is 32.2. The fourth-order valence-corrected chi connectivity index (χ4v) is 13.8. The minimum Gasteiger partial charge on any atom is -0.0839 e. The Morgan fingerprint density at radius 3 is 1.32 bits per heavy atom. The van der Waals surface area contributed by atoms with Gasteiger partial charge in [-0.1, -0.05) is 200 Å². The van der Waals surface area contributed by atoms with Gasteiger partial charge in [-0.15, -0.1) is 0 Å². The van der Waals surface area contributed by atoms with Crippen LogP contribution < -0.4 is 0 Å². The van der Waals surface area contributed by atoms with E-state index in [0.717, 1.165) is 6.42 Å². The first-order chi connectivity index (χ1) is 37.7. The van der Waals surface area contributed by atoms with Crippen molar-refractivity contribution in [2.24, 2.45) is 0 Å². The van der Waals surface area contributed by atoms with Crippen LogP contribution in [0.5, 0.6) is 0 Å². The molecular formula is C76H106. The van der Waals surface area contributed by atoms with Gasteiger partial charge in [0, 0.05) is 0 Å². The van der Waals surface area contributed by atoms with Crippen LogP contribution >= 0.6 is 0 Å². The summed E-state index contributed by atoms with van der Waals surface area (Å²) in [5.74, 6) is 0.